The van der Waals surface area contributed by atoms with Gasteiger partial charge < -0.3 is 14.3 Å². The summed E-state index contributed by atoms with van der Waals surface area (Å²) in [5.74, 6) is -0.277. The summed E-state index contributed by atoms with van der Waals surface area (Å²) in [5.41, 5.74) is 1.34. The molecule has 1 saturated heterocycles. The van der Waals surface area contributed by atoms with Gasteiger partial charge in [0.05, 0.1) is 16.7 Å². The molecule has 1 aliphatic heterocycles. The van der Waals surface area contributed by atoms with Crippen molar-refractivity contribution in [3.05, 3.63) is 29.7 Å². The van der Waals surface area contributed by atoms with E-state index < -0.39 is 18.3 Å². The molecule has 2 heterocycles. The Balaban J connectivity index is 2.04. The first-order chi connectivity index (χ1) is 9.19. The van der Waals surface area contributed by atoms with Gasteiger partial charge in [-0.25, -0.2) is 4.39 Å². The maximum absolute atomic E-state index is 14.2. The number of hydrogen-bond donors (Lipinski definition) is 1. The van der Waals surface area contributed by atoms with Crippen LogP contribution in [0.1, 0.15) is 33.4 Å². The van der Waals surface area contributed by atoms with Gasteiger partial charge in [-0.15, -0.1) is 0 Å². The highest BCUT2D eigenvalue weighted by atomic mass is 19.1. The fourth-order valence-electron chi connectivity index (χ4n) is 2.48. The Bertz CT molecular complexity index is 662. The second-order valence-electron chi connectivity index (χ2n) is 6.51. The number of benzene rings is 1. The van der Waals surface area contributed by atoms with Gasteiger partial charge in [0, 0.05) is 11.1 Å². The van der Waals surface area contributed by atoms with Gasteiger partial charge in [0.1, 0.15) is 5.82 Å². The molecule has 0 amide bonds. The Morgan fingerprint density at radius 2 is 1.65 bits per heavy atom. The average molecular weight is 275 g/mol. The largest absolute Gasteiger partial charge is 0.494 e. The first kappa shape index (κ1) is 13.6. The van der Waals surface area contributed by atoms with Gasteiger partial charge in [-0.2, -0.15) is 0 Å². The molecule has 1 aromatic heterocycles. The molecule has 1 aliphatic rings. The van der Waals surface area contributed by atoms with E-state index in [1.807, 2.05) is 46.8 Å². The van der Waals surface area contributed by atoms with E-state index in [-0.39, 0.29) is 5.82 Å². The van der Waals surface area contributed by atoms with Gasteiger partial charge in [-0.05, 0) is 52.2 Å². The summed E-state index contributed by atoms with van der Waals surface area (Å²) in [7, 11) is -0.533. The molecule has 0 aliphatic carbocycles. The van der Waals surface area contributed by atoms with Crippen molar-refractivity contribution in [2.24, 2.45) is 0 Å². The Labute approximate surface area is 118 Å². The zero-order valence-corrected chi connectivity index (χ0v) is 12.5. The third kappa shape index (κ3) is 1.96. The number of aromatic nitrogens is 1. The zero-order chi connectivity index (χ0) is 14.7. The number of nitrogens with one attached hydrogen (secondary N) is 1. The zero-order valence-electron chi connectivity index (χ0n) is 12.5. The van der Waals surface area contributed by atoms with Crippen molar-refractivity contribution in [2.75, 3.05) is 0 Å². The normalized spacial score (nSPS) is 20.8. The monoisotopic (exact) mass is 275 g/mol. The summed E-state index contributed by atoms with van der Waals surface area (Å²) in [5, 5.41) is 0.840. The number of fused-ring (bicyclic) bond motifs is 1. The van der Waals surface area contributed by atoms with Crippen molar-refractivity contribution >= 4 is 23.5 Å². The highest BCUT2D eigenvalue weighted by molar-refractivity contribution is 6.62. The summed E-state index contributed by atoms with van der Waals surface area (Å²) in [6.45, 7) is 9.86. The second kappa shape index (κ2) is 4.09. The predicted octanol–water partition coefficient (Wildman–Crippen LogP) is 2.91. The third-order valence-electron chi connectivity index (χ3n) is 4.36. The summed E-state index contributed by atoms with van der Waals surface area (Å²) in [6, 6.07) is 5.33. The minimum Gasteiger partial charge on any atom is -0.399 e. The smallest absolute Gasteiger partial charge is 0.399 e. The molecule has 2 aromatic rings. The molecule has 3 rings (SSSR count). The van der Waals surface area contributed by atoms with Crippen LogP contribution >= 0.6 is 0 Å². The Hall–Kier alpha value is -1.33. The van der Waals surface area contributed by atoms with Crippen LogP contribution in [0, 0.1) is 12.7 Å². The molecule has 3 nitrogen and oxygen atoms in total. The summed E-state index contributed by atoms with van der Waals surface area (Å²) in [4.78, 5) is 3.02. The van der Waals surface area contributed by atoms with Crippen molar-refractivity contribution in [3.63, 3.8) is 0 Å². The van der Waals surface area contributed by atoms with E-state index >= 15 is 0 Å². The summed E-state index contributed by atoms with van der Waals surface area (Å²) in [6.07, 6.45) is 0. The molecule has 1 fully saturated rings. The molecule has 1 N–H and O–H groups in total. The van der Waals surface area contributed by atoms with E-state index in [4.69, 9.17) is 9.31 Å². The van der Waals surface area contributed by atoms with Crippen LogP contribution in [0.5, 0.6) is 0 Å². The van der Waals surface area contributed by atoms with Crippen LogP contribution in [0.25, 0.3) is 10.9 Å². The van der Waals surface area contributed by atoms with Crippen molar-refractivity contribution in [2.45, 2.75) is 45.8 Å². The van der Waals surface area contributed by atoms with Crippen LogP contribution in [-0.2, 0) is 9.31 Å². The molecular weight excluding hydrogens is 256 g/mol. The van der Waals surface area contributed by atoms with E-state index in [0.717, 1.165) is 11.1 Å². The van der Waals surface area contributed by atoms with Crippen molar-refractivity contribution in [1.82, 2.24) is 4.98 Å². The van der Waals surface area contributed by atoms with E-state index in [1.54, 1.807) is 0 Å². The van der Waals surface area contributed by atoms with E-state index in [0.29, 0.717) is 11.0 Å². The molecule has 1 aromatic carbocycles. The number of aryl methyl sites for hydroxylation is 1. The van der Waals surface area contributed by atoms with E-state index in [9.17, 15) is 4.39 Å². The fraction of sp³-hybridized carbons (Fsp3) is 0.467. The average Bonchev–Trinajstić information content (AvgIpc) is 2.77. The van der Waals surface area contributed by atoms with Gasteiger partial charge in [0.15, 0.2) is 0 Å². The lowest BCUT2D eigenvalue weighted by Gasteiger charge is -2.32. The van der Waals surface area contributed by atoms with Crippen LogP contribution in [0.2, 0.25) is 0 Å². The minimum atomic E-state index is -0.533. The van der Waals surface area contributed by atoms with Crippen LogP contribution in [0.3, 0.4) is 0 Å². The molecule has 0 saturated carbocycles. The number of H-pyrrole nitrogens is 1. The molecule has 20 heavy (non-hydrogen) atoms. The van der Waals surface area contributed by atoms with Gasteiger partial charge in [0.2, 0.25) is 0 Å². The second-order valence-corrected chi connectivity index (χ2v) is 6.51. The lowest BCUT2D eigenvalue weighted by molar-refractivity contribution is 0.00578. The highest BCUT2D eigenvalue weighted by Crippen LogP contribution is 2.36. The number of rotatable bonds is 1. The Morgan fingerprint density at radius 1 is 1.05 bits per heavy atom. The van der Waals surface area contributed by atoms with E-state index in [2.05, 4.69) is 4.98 Å². The van der Waals surface area contributed by atoms with Crippen molar-refractivity contribution < 1.29 is 13.7 Å². The van der Waals surface area contributed by atoms with Crippen molar-refractivity contribution in [3.8, 4) is 0 Å². The summed E-state index contributed by atoms with van der Waals surface area (Å²) < 4.78 is 26.1. The van der Waals surface area contributed by atoms with Crippen molar-refractivity contribution in [1.29, 1.82) is 0 Å². The number of halogens is 1. The van der Waals surface area contributed by atoms with Gasteiger partial charge in [0.25, 0.3) is 0 Å². The lowest BCUT2D eigenvalue weighted by atomic mass is 9.78. The maximum atomic E-state index is 14.2. The highest BCUT2D eigenvalue weighted by Gasteiger charge is 2.51. The van der Waals surface area contributed by atoms with Gasteiger partial charge in [-0.3, -0.25) is 0 Å². The van der Waals surface area contributed by atoms with Gasteiger partial charge >= 0.3 is 7.12 Å². The molecule has 0 atom stereocenters. The topological polar surface area (TPSA) is 34.2 Å². The van der Waals surface area contributed by atoms with Crippen LogP contribution in [0.4, 0.5) is 4.39 Å². The lowest BCUT2D eigenvalue weighted by Crippen LogP contribution is -2.41. The fourth-order valence-corrected chi connectivity index (χ4v) is 2.48. The minimum absolute atomic E-state index is 0.277. The number of aromatic amines is 1. The molecule has 0 spiro atoms. The van der Waals surface area contributed by atoms with E-state index in [1.165, 1.54) is 6.07 Å². The van der Waals surface area contributed by atoms with Crippen LogP contribution in [0.15, 0.2) is 18.2 Å². The maximum Gasteiger partial charge on any atom is 0.494 e. The van der Waals surface area contributed by atoms with Gasteiger partial charge in [-0.1, -0.05) is 6.07 Å². The standard InChI is InChI=1S/C15H19BFNO2/c1-9-6-10-7-11(8-12(17)13(10)18-9)16-19-14(2,3)15(4,5)20-16/h6-8,18H,1-5H3. The molecule has 0 bridgehead atoms. The SMILES string of the molecule is Cc1cc2cc(B3OC(C)(C)C(C)(C)O3)cc(F)c2[nH]1. The Morgan fingerprint density at radius 3 is 2.25 bits per heavy atom. The first-order valence-electron chi connectivity index (χ1n) is 6.84. The third-order valence-corrected chi connectivity index (χ3v) is 4.36. The molecule has 0 radical (unpaired) electrons. The summed E-state index contributed by atoms with van der Waals surface area (Å²) >= 11 is 0. The molecular formula is C15H19BFNO2. The molecule has 106 valence electrons. The molecule has 0 unspecified atom stereocenters. The quantitative estimate of drug-likeness (QED) is 0.812. The van der Waals surface area contributed by atoms with Crippen LogP contribution < -0.4 is 5.46 Å². The predicted molar refractivity (Wildman–Crippen MR) is 78.7 cm³/mol. The number of hydrogen-bond acceptors (Lipinski definition) is 2. The van der Waals surface area contributed by atoms with Crippen LogP contribution in [-0.4, -0.2) is 23.3 Å². The Kier molecular flexibility index (Phi) is 2.79. The first-order valence-corrected chi connectivity index (χ1v) is 6.84. The molecule has 5 heteroatoms.